The van der Waals surface area contributed by atoms with Crippen molar-refractivity contribution in [1.29, 1.82) is 0 Å². The lowest BCUT2D eigenvalue weighted by atomic mass is 9.79. The smallest absolute Gasteiger partial charge is 0.340 e. The molecule has 2 atom stereocenters. The van der Waals surface area contributed by atoms with E-state index in [0.717, 1.165) is 82.8 Å². The molecule has 0 heterocycles. The number of Topliss-reactive ketones (excluding diaryl/α,β-unsaturated/α-hetero) is 1. The van der Waals surface area contributed by atoms with E-state index in [2.05, 4.69) is 20.8 Å². The minimum absolute atomic E-state index is 0.0458. The second-order valence-electron chi connectivity index (χ2n) is 25.3. The third-order valence-electron chi connectivity index (χ3n) is 17.3. The van der Waals surface area contributed by atoms with Crippen molar-refractivity contribution in [1.82, 2.24) is 0 Å². The first-order valence-electron chi connectivity index (χ1n) is 36.1. The van der Waals surface area contributed by atoms with Gasteiger partial charge in [-0.3, -0.25) is 24.5 Å². The molecular formula is C73H131NO10. The molecule has 84 heavy (non-hydrogen) atoms. The van der Waals surface area contributed by atoms with Gasteiger partial charge in [0.2, 0.25) is 0 Å². The van der Waals surface area contributed by atoms with Crippen LogP contribution in [-0.2, 0) is 28.6 Å². The number of non-ortho nitro benzene ring substituents is 1. The molecule has 1 rings (SSSR count). The number of carbonyl (C=O) groups is 4. The second kappa shape index (κ2) is 58.7. The first-order chi connectivity index (χ1) is 41.1. The molecule has 0 aliphatic carbocycles. The number of unbranched alkanes of at least 4 members (excludes halogenated alkanes) is 51. The van der Waals surface area contributed by atoms with Crippen molar-refractivity contribution in [2.24, 2.45) is 5.92 Å². The molecule has 11 nitrogen and oxygen atoms in total. The molecule has 1 aromatic carbocycles. The Morgan fingerprint density at radius 3 is 0.881 bits per heavy atom. The number of carbonyl (C=O) groups excluding carboxylic acids is 4. The molecule has 2 unspecified atom stereocenters. The van der Waals surface area contributed by atoms with Gasteiger partial charge in [0.15, 0.2) is 17.3 Å². The van der Waals surface area contributed by atoms with Gasteiger partial charge in [0.25, 0.3) is 5.69 Å². The molecule has 0 saturated heterocycles. The van der Waals surface area contributed by atoms with Crippen LogP contribution in [0.5, 0.6) is 0 Å². The summed E-state index contributed by atoms with van der Waals surface area (Å²) in [5, 5.41) is 23.9. The van der Waals surface area contributed by atoms with Gasteiger partial charge in [0.1, 0.15) is 0 Å². The third kappa shape index (κ3) is 45.0. The van der Waals surface area contributed by atoms with Crippen LogP contribution in [0, 0.1) is 16.0 Å². The van der Waals surface area contributed by atoms with Crippen molar-refractivity contribution in [3.05, 3.63) is 39.9 Å². The SMILES string of the molecule is CCCCCCCCCCCCCCCCCCCCOC(=O)CC(O)(C(=O)OCCCCCCCCCCCCCCCCCCCC)C(C(=O)OCCCCCCCCCCCCCCCCCCCC)C(=O)c1ccc([N+](=O)[O-])cc1. The highest BCUT2D eigenvalue weighted by Gasteiger charge is 2.55. The normalized spacial score (nSPS) is 12.5. The zero-order valence-corrected chi connectivity index (χ0v) is 55.0. The van der Waals surface area contributed by atoms with Crippen LogP contribution in [-0.4, -0.2) is 59.1 Å². The van der Waals surface area contributed by atoms with E-state index in [1.165, 1.54) is 269 Å². The number of esters is 3. The van der Waals surface area contributed by atoms with Crippen molar-refractivity contribution in [3.8, 4) is 0 Å². The van der Waals surface area contributed by atoms with Gasteiger partial charge in [0.05, 0.1) is 31.2 Å². The van der Waals surface area contributed by atoms with Crippen LogP contribution in [0.2, 0.25) is 0 Å². The van der Waals surface area contributed by atoms with E-state index in [4.69, 9.17) is 14.2 Å². The summed E-state index contributed by atoms with van der Waals surface area (Å²) in [6.45, 7) is 6.74. The van der Waals surface area contributed by atoms with Gasteiger partial charge in [-0.1, -0.05) is 348 Å². The summed E-state index contributed by atoms with van der Waals surface area (Å²) in [6.07, 6.45) is 64.6. The first-order valence-corrected chi connectivity index (χ1v) is 36.1. The summed E-state index contributed by atoms with van der Waals surface area (Å²) in [5.74, 6) is -6.55. The third-order valence-corrected chi connectivity index (χ3v) is 17.3. The standard InChI is InChI=1S/C73H131NO10/c1-4-7-10-13-16-19-22-25-28-31-34-37-40-43-46-49-52-55-62-82-68(75)65-73(79,72(78)84-64-57-54-51-48-45-42-39-36-33-30-27-24-21-18-15-12-9-6-3)69(70(76)66-58-60-67(61-59-66)74(80)81)71(77)83-63-56-53-50-47-44-41-38-35-32-29-26-23-20-17-14-11-8-5-2/h58-61,69,79H,4-57,62-65H2,1-3H3. The number of hydrogen-bond donors (Lipinski definition) is 1. The van der Waals surface area contributed by atoms with E-state index in [1.54, 1.807) is 0 Å². The van der Waals surface area contributed by atoms with Crippen LogP contribution in [0.1, 0.15) is 384 Å². The van der Waals surface area contributed by atoms with E-state index in [0.29, 0.717) is 19.3 Å². The minimum Gasteiger partial charge on any atom is -0.466 e. The number of ether oxygens (including phenoxy) is 3. The Hall–Kier alpha value is -3.34. The Kier molecular flexibility index (Phi) is 54.9. The van der Waals surface area contributed by atoms with Crippen LogP contribution in [0.3, 0.4) is 0 Å². The summed E-state index contributed by atoms with van der Waals surface area (Å²) < 4.78 is 16.9. The number of nitrogens with zero attached hydrogens (tertiary/aromatic N) is 1. The Labute approximate surface area is 515 Å². The molecule has 0 aromatic heterocycles. The van der Waals surface area contributed by atoms with Gasteiger partial charge in [-0.25, -0.2) is 4.79 Å². The Balaban J connectivity index is 2.78. The highest BCUT2D eigenvalue weighted by atomic mass is 16.6. The quantitative estimate of drug-likeness (QED) is 0.0126. The molecule has 1 aromatic rings. The summed E-state index contributed by atoms with van der Waals surface area (Å²) in [6, 6.07) is 4.60. The lowest BCUT2D eigenvalue weighted by molar-refractivity contribution is -0.384. The molecule has 0 saturated carbocycles. The molecule has 1 N–H and O–H groups in total. The number of rotatable bonds is 65. The van der Waals surface area contributed by atoms with E-state index in [-0.39, 0.29) is 31.1 Å². The molecule has 0 aliphatic rings. The Morgan fingerprint density at radius 1 is 0.381 bits per heavy atom. The molecule has 488 valence electrons. The average Bonchev–Trinajstić information content (AvgIpc) is 2.41. The molecule has 0 bridgehead atoms. The summed E-state index contributed by atoms with van der Waals surface area (Å²) in [4.78, 5) is 67.3. The lowest BCUT2D eigenvalue weighted by Gasteiger charge is -2.31. The molecule has 0 spiro atoms. The van der Waals surface area contributed by atoms with Crippen LogP contribution < -0.4 is 0 Å². The summed E-state index contributed by atoms with van der Waals surface area (Å²) in [7, 11) is 0. The van der Waals surface area contributed by atoms with E-state index in [1.807, 2.05) is 0 Å². The van der Waals surface area contributed by atoms with Crippen molar-refractivity contribution >= 4 is 29.4 Å². The van der Waals surface area contributed by atoms with Crippen LogP contribution >= 0.6 is 0 Å². The van der Waals surface area contributed by atoms with Crippen molar-refractivity contribution in [2.75, 3.05) is 19.8 Å². The highest BCUT2D eigenvalue weighted by molar-refractivity contribution is 6.13. The van der Waals surface area contributed by atoms with Gasteiger partial charge in [0, 0.05) is 17.7 Å². The van der Waals surface area contributed by atoms with Gasteiger partial charge in [-0.15, -0.1) is 0 Å². The molecular weight excluding hydrogens is 1050 g/mol. The van der Waals surface area contributed by atoms with Crippen molar-refractivity contribution in [3.63, 3.8) is 0 Å². The number of hydrogen-bond acceptors (Lipinski definition) is 10. The number of nitro benzene ring substituents is 1. The number of benzene rings is 1. The molecule has 0 aliphatic heterocycles. The zero-order valence-electron chi connectivity index (χ0n) is 55.0. The zero-order chi connectivity index (χ0) is 61.1. The minimum atomic E-state index is -2.96. The molecule has 0 fully saturated rings. The average molecular weight is 1180 g/mol. The number of nitro groups is 1. The largest absolute Gasteiger partial charge is 0.466 e. The Bertz CT molecular complexity index is 1690. The van der Waals surface area contributed by atoms with Gasteiger partial charge in [-0.2, -0.15) is 0 Å². The maximum Gasteiger partial charge on any atom is 0.340 e. The maximum atomic E-state index is 14.4. The van der Waals surface area contributed by atoms with Gasteiger partial charge < -0.3 is 19.3 Å². The predicted octanol–water partition coefficient (Wildman–Crippen LogP) is 22.3. The Morgan fingerprint density at radius 2 is 0.619 bits per heavy atom. The van der Waals surface area contributed by atoms with Crippen molar-refractivity contribution in [2.45, 2.75) is 380 Å². The fraction of sp³-hybridized carbons (Fsp3) is 0.863. The van der Waals surface area contributed by atoms with E-state index in [9.17, 15) is 34.4 Å². The fourth-order valence-corrected chi connectivity index (χ4v) is 11.7. The van der Waals surface area contributed by atoms with Crippen molar-refractivity contribution < 1.29 is 43.4 Å². The second-order valence-corrected chi connectivity index (χ2v) is 25.3. The highest BCUT2D eigenvalue weighted by Crippen LogP contribution is 2.31. The molecule has 11 heteroatoms. The van der Waals surface area contributed by atoms with E-state index >= 15 is 0 Å². The predicted molar refractivity (Wildman–Crippen MR) is 350 cm³/mol. The number of aliphatic hydroxyl groups is 1. The van der Waals surface area contributed by atoms with E-state index < -0.39 is 46.6 Å². The monoisotopic (exact) mass is 1180 g/mol. The maximum absolute atomic E-state index is 14.4. The number of ketones is 1. The van der Waals surface area contributed by atoms with Crippen LogP contribution in [0.25, 0.3) is 0 Å². The molecule has 0 radical (unpaired) electrons. The van der Waals surface area contributed by atoms with Crippen LogP contribution in [0.4, 0.5) is 5.69 Å². The summed E-state index contributed by atoms with van der Waals surface area (Å²) >= 11 is 0. The van der Waals surface area contributed by atoms with Gasteiger partial charge in [-0.05, 0) is 31.4 Å². The lowest BCUT2D eigenvalue weighted by Crippen LogP contribution is -2.55. The topological polar surface area (TPSA) is 159 Å². The van der Waals surface area contributed by atoms with Gasteiger partial charge >= 0.3 is 17.9 Å². The molecule has 0 amide bonds. The fourth-order valence-electron chi connectivity index (χ4n) is 11.7. The first kappa shape index (κ1) is 78.7. The van der Waals surface area contributed by atoms with Crippen LogP contribution in [0.15, 0.2) is 24.3 Å². The summed E-state index contributed by atoms with van der Waals surface area (Å²) in [5.41, 5.74) is -3.39.